The van der Waals surface area contributed by atoms with Gasteiger partial charge in [0, 0.05) is 15.7 Å². The molecule has 1 saturated carbocycles. The summed E-state index contributed by atoms with van der Waals surface area (Å²) in [6.07, 6.45) is 3.29. The van der Waals surface area contributed by atoms with E-state index < -0.39 is 0 Å². The predicted molar refractivity (Wildman–Crippen MR) is 140 cm³/mol. The van der Waals surface area contributed by atoms with Crippen LogP contribution in [0.5, 0.6) is 23.0 Å². The van der Waals surface area contributed by atoms with Gasteiger partial charge in [-0.2, -0.15) is 0 Å². The van der Waals surface area contributed by atoms with E-state index in [1.807, 2.05) is 48.5 Å². The molecule has 4 N–H and O–H groups in total. The highest BCUT2D eigenvalue weighted by molar-refractivity contribution is 7.80. The molecule has 0 heterocycles. The summed E-state index contributed by atoms with van der Waals surface area (Å²) in [6.45, 7) is 0. The highest BCUT2D eigenvalue weighted by atomic mass is 32.1. The smallest absolute Gasteiger partial charge is 0.128 e. The highest BCUT2D eigenvalue weighted by Gasteiger charge is 2.46. The summed E-state index contributed by atoms with van der Waals surface area (Å²) < 4.78 is 0. The van der Waals surface area contributed by atoms with Gasteiger partial charge in [0.05, 0.1) is 0 Å². The first-order valence-corrected chi connectivity index (χ1v) is 12.2. The molecule has 0 amide bonds. The molecule has 0 aromatic heterocycles. The van der Waals surface area contributed by atoms with Gasteiger partial charge in [0.1, 0.15) is 23.0 Å². The van der Waals surface area contributed by atoms with E-state index in [4.69, 9.17) is 0 Å². The van der Waals surface area contributed by atoms with Crippen molar-refractivity contribution in [3.63, 3.8) is 0 Å². The van der Waals surface area contributed by atoms with Gasteiger partial charge in [0.2, 0.25) is 0 Å². The molecule has 0 saturated heterocycles. The van der Waals surface area contributed by atoms with Crippen molar-refractivity contribution in [1.29, 1.82) is 0 Å². The van der Waals surface area contributed by atoms with Crippen molar-refractivity contribution >= 4 is 12.6 Å². The zero-order chi connectivity index (χ0) is 24.6. The fourth-order valence-electron chi connectivity index (χ4n) is 5.75. The average molecular weight is 485 g/mol. The van der Waals surface area contributed by atoms with E-state index >= 15 is 0 Å². The van der Waals surface area contributed by atoms with Crippen LogP contribution in [0.15, 0.2) is 95.9 Å². The van der Waals surface area contributed by atoms with Crippen molar-refractivity contribution in [2.75, 3.05) is 0 Å². The van der Waals surface area contributed by atoms with Crippen molar-refractivity contribution in [3.05, 3.63) is 113 Å². The van der Waals surface area contributed by atoms with Crippen LogP contribution in [0.1, 0.15) is 47.9 Å². The normalized spacial score (nSPS) is 16.6. The summed E-state index contributed by atoms with van der Waals surface area (Å²) in [6, 6.07) is 27.9. The maximum Gasteiger partial charge on any atom is 0.128 e. The number of phenols is 4. The number of hydrogen-bond acceptors (Lipinski definition) is 5. The maximum absolute atomic E-state index is 10.1. The van der Waals surface area contributed by atoms with Crippen LogP contribution in [0.3, 0.4) is 0 Å². The topological polar surface area (TPSA) is 80.9 Å². The van der Waals surface area contributed by atoms with Crippen molar-refractivity contribution in [2.45, 2.75) is 41.4 Å². The van der Waals surface area contributed by atoms with Crippen molar-refractivity contribution in [2.24, 2.45) is 0 Å². The van der Waals surface area contributed by atoms with Crippen LogP contribution in [-0.2, 0) is 10.8 Å². The fraction of sp³-hybridized carbons (Fsp3) is 0.200. The van der Waals surface area contributed by atoms with E-state index in [1.54, 1.807) is 42.5 Å². The molecule has 0 atom stereocenters. The monoisotopic (exact) mass is 484 g/mol. The van der Waals surface area contributed by atoms with Gasteiger partial charge in [-0.25, -0.2) is 0 Å². The van der Waals surface area contributed by atoms with Gasteiger partial charge in [-0.1, -0.05) is 42.5 Å². The molecule has 4 aromatic rings. The lowest BCUT2D eigenvalue weighted by Gasteiger charge is -2.48. The predicted octanol–water partition coefficient (Wildman–Crippen LogP) is 6.64. The van der Waals surface area contributed by atoms with Crippen LogP contribution in [0, 0.1) is 0 Å². The standard InChI is InChI=1S/C30H28O4S/c31-24-8-1-20(2-9-24)29(21-3-10-25(32)11-4-21)15-17-30(18-16-29,22-5-12-26(33)13-6-22)23-7-14-27(34)28(35)19-23/h1-14,19,31-35H,15-18H2. The van der Waals surface area contributed by atoms with E-state index in [-0.39, 0.29) is 33.8 Å². The van der Waals surface area contributed by atoms with Gasteiger partial charge in [-0.3, -0.25) is 0 Å². The first-order chi connectivity index (χ1) is 16.8. The van der Waals surface area contributed by atoms with Gasteiger partial charge in [-0.15, -0.1) is 12.6 Å². The molecular weight excluding hydrogens is 456 g/mol. The number of hydrogen-bond donors (Lipinski definition) is 5. The molecule has 5 rings (SSSR count). The SMILES string of the molecule is Oc1ccc(C2(c3ccc(O)cc3)CCC(c3ccc(O)cc3)(c3ccc(O)c(S)c3)CC2)cc1. The van der Waals surface area contributed by atoms with Crippen LogP contribution in [0.25, 0.3) is 0 Å². The van der Waals surface area contributed by atoms with Gasteiger partial charge in [-0.05, 0) is 96.5 Å². The summed E-state index contributed by atoms with van der Waals surface area (Å²) in [7, 11) is 0. The zero-order valence-corrected chi connectivity index (χ0v) is 20.1. The Morgan fingerprint density at radius 1 is 0.457 bits per heavy atom. The molecule has 0 radical (unpaired) electrons. The summed E-state index contributed by atoms with van der Waals surface area (Å²) in [4.78, 5) is 0.537. The minimum absolute atomic E-state index is 0.149. The Bertz CT molecular complexity index is 1270. The van der Waals surface area contributed by atoms with Crippen LogP contribution in [-0.4, -0.2) is 20.4 Å². The summed E-state index contributed by atoms with van der Waals surface area (Å²) in [5.41, 5.74) is 3.83. The number of phenolic OH excluding ortho intramolecular Hbond substituents is 4. The molecule has 4 nitrogen and oxygen atoms in total. The van der Waals surface area contributed by atoms with Crippen LogP contribution in [0.4, 0.5) is 0 Å². The van der Waals surface area contributed by atoms with Gasteiger partial charge >= 0.3 is 0 Å². The quantitative estimate of drug-likeness (QED) is 0.210. The number of aromatic hydroxyl groups is 4. The van der Waals surface area contributed by atoms with Crippen LogP contribution in [0.2, 0.25) is 0 Å². The van der Waals surface area contributed by atoms with Crippen molar-refractivity contribution in [3.8, 4) is 23.0 Å². The Balaban J connectivity index is 1.63. The largest absolute Gasteiger partial charge is 0.508 e. The molecule has 35 heavy (non-hydrogen) atoms. The third-order valence-electron chi connectivity index (χ3n) is 7.74. The highest BCUT2D eigenvalue weighted by Crippen LogP contribution is 2.55. The lowest BCUT2D eigenvalue weighted by molar-refractivity contribution is 0.256. The first-order valence-electron chi connectivity index (χ1n) is 11.7. The molecule has 4 aromatic carbocycles. The number of thiol groups is 1. The molecule has 0 bridgehead atoms. The first kappa shape index (κ1) is 23.2. The van der Waals surface area contributed by atoms with E-state index in [2.05, 4.69) is 12.6 Å². The summed E-state index contributed by atoms with van der Waals surface area (Å²) >= 11 is 4.48. The van der Waals surface area contributed by atoms with Gasteiger partial charge in [0.15, 0.2) is 0 Å². The Morgan fingerprint density at radius 3 is 1.11 bits per heavy atom. The molecule has 178 valence electrons. The molecular formula is C30H28O4S. The Kier molecular flexibility index (Phi) is 5.89. The minimum Gasteiger partial charge on any atom is -0.508 e. The second-order valence-electron chi connectivity index (χ2n) is 9.51. The zero-order valence-electron chi connectivity index (χ0n) is 19.2. The Hall–Kier alpha value is -3.57. The third-order valence-corrected chi connectivity index (χ3v) is 8.10. The van der Waals surface area contributed by atoms with Gasteiger partial charge in [0.25, 0.3) is 0 Å². The van der Waals surface area contributed by atoms with Crippen molar-refractivity contribution < 1.29 is 20.4 Å². The summed E-state index contributed by atoms with van der Waals surface area (Å²) in [5.74, 6) is 0.836. The molecule has 1 fully saturated rings. The Morgan fingerprint density at radius 2 is 0.771 bits per heavy atom. The van der Waals surface area contributed by atoms with E-state index in [0.717, 1.165) is 47.9 Å². The molecule has 1 aliphatic carbocycles. The van der Waals surface area contributed by atoms with Gasteiger partial charge < -0.3 is 20.4 Å². The second-order valence-corrected chi connectivity index (χ2v) is 9.99. The van der Waals surface area contributed by atoms with E-state index in [0.29, 0.717) is 4.90 Å². The second kappa shape index (κ2) is 8.90. The van der Waals surface area contributed by atoms with Crippen LogP contribution >= 0.6 is 12.6 Å². The van der Waals surface area contributed by atoms with Crippen LogP contribution < -0.4 is 0 Å². The minimum atomic E-state index is -0.323. The van der Waals surface area contributed by atoms with Crippen molar-refractivity contribution in [1.82, 2.24) is 0 Å². The molecule has 0 spiro atoms. The maximum atomic E-state index is 10.1. The Labute approximate surface area is 210 Å². The summed E-state index contributed by atoms with van der Waals surface area (Å²) in [5, 5.41) is 39.9. The fourth-order valence-corrected chi connectivity index (χ4v) is 5.97. The molecule has 0 aliphatic heterocycles. The molecule has 5 heteroatoms. The number of rotatable bonds is 4. The van der Waals surface area contributed by atoms with E-state index in [9.17, 15) is 20.4 Å². The van der Waals surface area contributed by atoms with E-state index in [1.165, 1.54) is 0 Å². The molecule has 0 unspecified atom stereocenters. The lowest BCUT2D eigenvalue weighted by atomic mass is 9.55. The average Bonchev–Trinajstić information content (AvgIpc) is 2.87. The third kappa shape index (κ3) is 4.10. The number of benzene rings is 4. The lowest BCUT2D eigenvalue weighted by Crippen LogP contribution is -2.41. The molecule has 1 aliphatic rings.